The minimum Gasteiger partial charge on any atom is -0.382 e. The van der Waals surface area contributed by atoms with Crippen molar-refractivity contribution in [2.75, 3.05) is 36.5 Å². The number of amides is 2. The van der Waals surface area contributed by atoms with Crippen molar-refractivity contribution in [2.24, 2.45) is 0 Å². The summed E-state index contributed by atoms with van der Waals surface area (Å²) in [6.45, 7) is -4.06. The maximum absolute atomic E-state index is 16.8. The molecule has 0 radical (unpaired) electrons. The molecule has 7 heterocycles. The fraction of sp³-hybridized carbons (Fsp3) is 0.500. The van der Waals surface area contributed by atoms with Gasteiger partial charge in [0.05, 0.1) is 32.4 Å². The molecule has 0 bridgehead atoms. The normalized spacial score (nSPS) is 29.5. The smallest absolute Gasteiger partial charge is 0.382 e. The molecule has 3 fully saturated rings. The van der Waals surface area contributed by atoms with Crippen LogP contribution in [0.3, 0.4) is 0 Å². The first-order valence-electron chi connectivity index (χ1n) is 20.5. The molecule has 3 aliphatic heterocycles. The minimum atomic E-state index is -4.56. The number of aromatic nitrogens is 8. The molecule has 10 atom stereocenters. The van der Waals surface area contributed by atoms with Crippen molar-refractivity contribution in [3.8, 4) is 0 Å². The lowest BCUT2D eigenvalue weighted by atomic mass is 10.1. The topological polar surface area (TPSA) is 307 Å². The van der Waals surface area contributed by atoms with E-state index in [-0.39, 0.29) is 52.3 Å². The summed E-state index contributed by atoms with van der Waals surface area (Å²) in [5, 5.41) is 5.32. The van der Waals surface area contributed by atoms with E-state index in [1.54, 1.807) is 24.3 Å². The largest absolute Gasteiger partial charge is 0.389 e. The van der Waals surface area contributed by atoms with E-state index >= 15 is 8.78 Å². The zero-order valence-electron chi connectivity index (χ0n) is 34.9. The monoisotopic (exact) mass is 964 g/mol. The Morgan fingerprint density at radius 3 is 2.26 bits per heavy atom. The number of alkyl halides is 2. The number of ether oxygens (including phenoxy) is 2. The highest BCUT2D eigenvalue weighted by molar-refractivity contribution is 8.54. The van der Waals surface area contributed by atoms with Crippen LogP contribution in [0.5, 0.6) is 0 Å². The Hall–Kier alpha value is -4.85. The van der Waals surface area contributed by atoms with E-state index in [0.29, 0.717) is 29.1 Å². The molecule has 0 unspecified atom stereocenters. The summed E-state index contributed by atoms with van der Waals surface area (Å²) in [6, 6.07) is 6.47. The van der Waals surface area contributed by atoms with Gasteiger partial charge < -0.3 is 40.6 Å². The molecule has 3 aliphatic rings. The number of nitrogens with two attached hydrogens (primary N) is 2. The van der Waals surface area contributed by atoms with E-state index < -0.39 is 88.2 Å². The van der Waals surface area contributed by atoms with E-state index in [2.05, 4.69) is 47.5 Å². The average Bonchev–Trinajstić information content (AvgIpc) is 4.04. The number of H-pyrrole nitrogens is 1. The summed E-state index contributed by atoms with van der Waals surface area (Å²) in [4.78, 5) is 59.9. The van der Waals surface area contributed by atoms with Crippen molar-refractivity contribution < 1.29 is 55.1 Å². The number of carbonyl (C=O) groups excluding carboxylic acids is 2. The van der Waals surface area contributed by atoms with Gasteiger partial charge in [-0.3, -0.25) is 42.1 Å². The number of carbonyl (C=O) groups is 2. The minimum absolute atomic E-state index is 0.0236. The SMILES string of the molecule is B[P@@]1(=O)OC[C@H]2O[C@@H](n3cnc4c(N)ncnc43)[C@H](F)[C@@H]2O[P@](=O)(SCc2ccc(NC(=O)CNC(=O)CCCCCC)cc2)OC[C@H]2O[C@@H](n3cnc4c(=O)[nH]c(N)nc43)[C@H](F)[C@@H]2O1. The number of rotatable bonds is 13. The van der Waals surface area contributed by atoms with Crippen LogP contribution in [0.15, 0.2) is 48.0 Å². The summed E-state index contributed by atoms with van der Waals surface area (Å²) >= 11 is 0.671. The first-order valence-corrected chi connectivity index (χ1v) is 25.6. The van der Waals surface area contributed by atoms with Crippen molar-refractivity contribution >= 4 is 84.8 Å². The van der Waals surface area contributed by atoms with Crippen LogP contribution in [0.25, 0.3) is 22.3 Å². The molecule has 7 N–H and O–H groups in total. The number of nitrogens with zero attached hydrogens (tertiary/aromatic N) is 7. The quantitative estimate of drug-likeness (QED) is 0.0643. The fourth-order valence-corrected chi connectivity index (χ4v) is 12.0. The first kappa shape index (κ1) is 46.7. The zero-order valence-corrected chi connectivity index (χ0v) is 37.5. The molecule has 1 aromatic carbocycles. The van der Waals surface area contributed by atoms with Gasteiger partial charge in [0.15, 0.2) is 47.4 Å². The first-order chi connectivity index (χ1) is 31.1. The number of hydrogen-bond acceptors (Lipinski definition) is 19. The van der Waals surface area contributed by atoms with Crippen LogP contribution < -0.4 is 27.7 Å². The van der Waals surface area contributed by atoms with Crippen LogP contribution in [0.4, 0.5) is 26.2 Å². The molecule has 348 valence electrons. The van der Waals surface area contributed by atoms with E-state index in [0.717, 1.165) is 50.5 Å². The third-order valence-electron chi connectivity index (χ3n) is 10.7. The molecule has 5 aromatic rings. The Balaban J connectivity index is 1.03. The van der Waals surface area contributed by atoms with E-state index in [1.165, 1.54) is 10.9 Å². The second-order valence-electron chi connectivity index (χ2n) is 15.4. The van der Waals surface area contributed by atoms with Gasteiger partial charge in [0.2, 0.25) is 17.8 Å². The number of benzene rings is 1. The molecule has 0 spiro atoms. The number of nitrogens with one attached hydrogen (secondary N) is 3. The number of nitrogen functional groups attached to an aromatic ring is 2. The number of unbranched alkanes of at least 4 members (excludes halogenated alkanes) is 3. The lowest BCUT2D eigenvalue weighted by Crippen LogP contribution is -2.37. The summed E-state index contributed by atoms with van der Waals surface area (Å²) < 4.78 is 100. The molecule has 23 nitrogen and oxygen atoms in total. The standard InChI is InChI=1S/C36H45BF2N12O11P2S/c1-2-3-4-5-6-22(52)42-11-23(53)47-19-9-7-18(8-10-19)14-65-64(56)58-13-21-28(24(38)35(60-21)51-17-46-27-32(51)48-36(41)49-33(27)54)61-63(37,55)57-12-20-29(62-64)25(39)34(59-20)50-16-45-26-30(40)43-15-44-31(26)50/h7-10,15-17,20-21,24-25,28-29,34-35H,2-6,11-14,37H2,1H3,(H,42,52)(H,47,53)(H2,40,43,44)(H3,41,48,49,54)/t20-,21-,24-,25-,28-,29-,34-,35-,63-,64-/m1/s1. The molecule has 3 saturated heterocycles. The summed E-state index contributed by atoms with van der Waals surface area (Å²) in [5.41, 5.74) is 12.0. The Labute approximate surface area is 373 Å². The van der Waals surface area contributed by atoms with E-state index in [1.807, 2.05) is 0 Å². The van der Waals surface area contributed by atoms with Crippen molar-refractivity contribution in [3.05, 3.63) is 59.2 Å². The number of halogens is 2. The Morgan fingerprint density at radius 1 is 0.892 bits per heavy atom. The lowest BCUT2D eigenvalue weighted by molar-refractivity contribution is -0.124. The van der Waals surface area contributed by atoms with Crippen molar-refractivity contribution in [3.63, 3.8) is 0 Å². The molecule has 8 rings (SSSR count). The Bertz CT molecular complexity index is 2700. The van der Waals surface area contributed by atoms with Gasteiger partial charge in [0, 0.05) is 17.9 Å². The number of aromatic amines is 1. The van der Waals surface area contributed by atoms with Crippen molar-refractivity contribution in [1.82, 2.24) is 44.4 Å². The van der Waals surface area contributed by atoms with Gasteiger partial charge in [-0.2, -0.15) is 4.98 Å². The number of anilines is 3. The summed E-state index contributed by atoms with van der Waals surface area (Å²) in [6.07, 6.45) is -6.03. The highest BCUT2D eigenvalue weighted by atomic mass is 32.7. The van der Waals surface area contributed by atoms with Gasteiger partial charge in [-0.15, -0.1) is 0 Å². The molecule has 0 saturated carbocycles. The van der Waals surface area contributed by atoms with Crippen LogP contribution in [-0.2, 0) is 52.0 Å². The van der Waals surface area contributed by atoms with Crippen molar-refractivity contribution in [1.29, 1.82) is 0 Å². The Kier molecular flexibility index (Phi) is 14.0. The van der Waals surface area contributed by atoms with Crippen LogP contribution in [-0.4, -0.2) is 115 Å². The lowest BCUT2D eigenvalue weighted by Gasteiger charge is -2.30. The molecule has 0 aliphatic carbocycles. The van der Waals surface area contributed by atoms with E-state index in [9.17, 15) is 23.5 Å². The summed E-state index contributed by atoms with van der Waals surface area (Å²) in [7, 11) is -3.17. The third kappa shape index (κ3) is 10.4. The van der Waals surface area contributed by atoms with Gasteiger partial charge in [-0.25, -0.2) is 33.3 Å². The summed E-state index contributed by atoms with van der Waals surface area (Å²) in [5.74, 6) is -0.960. The molecular weight excluding hydrogens is 919 g/mol. The number of imidazole rings is 2. The average molecular weight is 965 g/mol. The molecule has 29 heteroatoms. The fourth-order valence-electron chi connectivity index (χ4n) is 7.44. The van der Waals surface area contributed by atoms with Gasteiger partial charge in [-0.05, 0) is 35.5 Å². The number of fused-ring (bicyclic) bond motifs is 4. The third-order valence-corrected chi connectivity index (χ3v) is 15.6. The van der Waals surface area contributed by atoms with Gasteiger partial charge in [-0.1, -0.05) is 38.3 Å². The van der Waals surface area contributed by atoms with E-state index in [4.69, 9.17) is 39.0 Å². The number of hydrogen-bond donors (Lipinski definition) is 5. The second-order valence-corrected chi connectivity index (χ2v) is 21.5. The van der Waals surface area contributed by atoms with Gasteiger partial charge in [0.25, 0.3) is 20.6 Å². The van der Waals surface area contributed by atoms with Gasteiger partial charge in [0.1, 0.15) is 36.3 Å². The maximum atomic E-state index is 16.8. The van der Waals surface area contributed by atoms with Crippen LogP contribution >= 0.6 is 25.7 Å². The molecular formula is C36H45BF2N12O11P2S. The van der Waals surface area contributed by atoms with Crippen molar-refractivity contribution in [2.45, 2.75) is 94.0 Å². The van der Waals surface area contributed by atoms with Crippen LogP contribution in [0.2, 0.25) is 0 Å². The highest BCUT2D eigenvalue weighted by Gasteiger charge is 2.54. The maximum Gasteiger partial charge on any atom is 0.389 e. The molecule has 4 aromatic heterocycles. The van der Waals surface area contributed by atoms with Crippen LogP contribution in [0, 0.1) is 0 Å². The Morgan fingerprint density at radius 2 is 1.55 bits per heavy atom. The predicted molar refractivity (Wildman–Crippen MR) is 233 cm³/mol. The van der Waals surface area contributed by atoms with Gasteiger partial charge >= 0.3 is 6.80 Å². The zero-order chi connectivity index (χ0) is 46.0. The van der Waals surface area contributed by atoms with Crippen LogP contribution in [0.1, 0.15) is 57.0 Å². The highest BCUT2D eigenvalue weighted by Crippen LogP contribution is 2.65. The molecule has 65 heavy (non-hydrogen) atoms. The predicted octanol–water partition coefficient (Wildman–Crippen LogP) is 3.22. The second kappa shape index (κ2) is 19.6. The molecule has 2 amide bonds.